The molecule has 1 aliphatic rings. The number of hydrogen-bond acceptors (Lipinski definition) is 6. The lowest BCUT2D eigenvalue weighted by Crippen LogP contribution is -2.50. The second-order valence-corrected chi connectivity index (χ2v) is 10.00. The van der Waals surface area contributed by atoms with Gasteiger partial charge in [0.2, 0.25) is 15.9 Å². The van der Waals surface area contributed by atoms with Gasteiger partial charge in [0.25, 0.3) is 5.91 Å². The van der Waals surface area contributed by atoms with Crippen molar-refractivity contribution in [2.24, 2.45) is 0 Å². The fourth-order valence-corrected chi connectivity index (χ4v) is 5.04. The van der Waals surface area contributed by atoms with Crippen LogP contribution in [0.25, 0.3) is 0 Å². The maximum atomic E-state index is 13.0. The second-order valence-electron chi connectivity index (χ2n) is 8.09. The maximum absolute atomic E-state index is 13.0. The van der Waals surface area contributed by atoms with Crippen LogP contribution in [-0.4, -0.2) is 74.2 Å². The van der Waals surface area contributed by atoms with Crippen molar-refractivity contribution in [1.29, 1.82) is 0 Å². The number of carbonyl (C=O) groups is 3. The third-order valence-electron chi connectivity index (χ3n) is 5.48. The Labute approximate surface area is 190 Å². The number of hydrogen-bond donors (Lipinski definition) is 1. The number of nitrogens with zero attached hydrogens (tertiary/aromatic N) is 2. The summed E-state index contributed by atoms with van der Waals surface area (Å²) in [6.07, 6.45) is 0.597. The topological polar surface area (TPSA) is 113 Å². The largest absolute Gasteiger partial charge is 0.456 e. The molecule has 10 heteroatoms. The first-order chi connectivity index (χ1) is 15.0. The zero-order valence-electron chi connectivity index (χ0n) is 19.2. The van der Waals surface area contributed by atoms with Crippen LogP contribution >= 0.6 is 0 Å². The van der Waals surface area contributed by atoms with Crippen molar-refractivity contribution in [2.75, 3.05) is 32.8 Å². The first-order valence-corrected chi connectivity index (χ1v) is 12.3. The third kappa shape index (κ3) is 7.03. The van der Waals surface area contributed by atoms with Crippen LogP contribution in [0.3, 0.4) is 0 Å². The molecule has 0 aromatic heterocycles. The summed E-state index contributed by atoms with van der Waals surface area (Å²) < 4.78 is 32.3. The monoisotopic (exact) mass is 467 g/mol. The standard InChI is InChI=1S/C22H33N3O6S/c1-5-18(4)23-20(26)15-31-22(28)9-8-21(27)24-10-12-25(13-11-24)32(29,30)19-14-16(2)6-7-17(19)3/h6-7,14,18H,5,8-13,15H2,1-4H3,(H,23,26). The van der Waals surface area contributed by atoms with Gasteiger partial charge in [-0.1, -0.05) is 19.1 Å². The number of ether oxygens (including phenoxy) is 1. The fraction of sp³-hybridized carbons (Fsp3) is 0.591. The number of rotatable bonds is 9. The molecule has 1 atom stereocenters. The molecule has 0 aliphatic carbocycles. The van der Waals surface area contributed by atoms with E-state index in [4.69, 9.17) is 4.74 Å². The molecule has 0 saturated carbocycles. The molecule has 1 aromatic carbocycles. The lowest BCUT2D eigenvalue weighted by Gasteiger charge is -2.34. The molecule has 2 amide bonds. The van der Waals surface area contributed by atoms with Gasteiger partial charge in [0, 0.05) is 38.6 Å². The minimum absolute atomic E-state index is 0.0000837. The van der Waals surface area contributed by atoms with Crippen molar-refractivity contribution in [3.63, 3.8) is 0 Å². The first kappa shape index (κ1) is 25.8. The molecule has 1 unspecified atom stereocenters. The molecule has 1 aromatic rings. The SMILES string of the molecule is CCC(C)NC(=O)COC(=O)CCC(=O)N1CCN(S(=O)(=O)c2cc(C)ccc2C)CC1. The molecule has 32 heavy (non-hydrogen) atoms. The molecular weight excluding hydrogens is 434 g/mol. The Morgan fingerprint density at radius 2 is 1.75 bits per heavy atom. The van der Waals surface area contributed by atoms with Gasteiger partial charge in [0.05, 0.1) is 11.3 Å². The molecule has 1 heterocycles. The zero-order chi connectivity index (χ0) is 23.9. The molecule has 1 aliphatic heterocycles. The number of amides is 2. The van der Waals surface area contributed by atoms with Crippen LogP contribution in [-0.2, 0) is 29.1 Å². The van der Waals surface area contributed by atoms with Gasteiger partial charge in [-0.05, 0) is 44.4 Å². The Bertz CT molecular complexity index is 939. The van der Waals surface area contributed by atoms with Gasteiger partial charge < -0.3 is 15.0 Å². The number of nitrogens with one attached hydrogen (secondary N) is 1. The molecule has 0 radical (unpaired) electrons. The Kier molecular flexibility index (Phi) is 9.21. The fourth-order valence-electron chi connectivity index (χ4n) is 3.31. The molecule has 2 rings (SSSR count). The van der Waals surface area contributed by atoms with E-state index in [-0.39, 0.29) is 68.4 Å². The second kappa shape index (κ2) is 11.4. The quantitative estimate of drug-likeness (QED) is 0.549. The van der Waals surface area contributed by atoms with E-state index < -0.39 is 16.0 Å². The van der Waals surface area contributed by atoms with Crippen molar-refractivity contribution in [1.82, 2.24) is 14.5 Å². The number of aryl methyl sites for hydroxylation is 2. The average molecular weight is 468 g/mol. The summed E-state index contributed by atoms with van der Waals surface area (Å²) in [5.41, 5.74) is 1.55. The third-order valence-corrected chi connectivity index (χ3v) is 7.52. The average Bonchev–Trinajstić information content (AvgIpc) is 2.77. The van der Waals surface area contributed by atoms with Crippen molar-refractivity contribution in [2.45, 2.75) is 57.9 Å². The van der Waals surface area contributed by atoms with E-state index in [1.54, 1.807) is 24.0 Å². The van der Waals surface area contributed by atoms with E-state index >= 15 is 0 Å². The highest BCUT2D eigenvalue weighted by Crippen LogP contribution is 2.22. The number of benzene rings is 1. The van der Waals surface area contributed by atoms with Gasteiger partial charge in [0.15, 0.2) is 6.61 Å². The van der Waals surface area contributed by atoms with E-state index in [0.29, 0.717) is 5.56 Å². The molecule has 0 spiro atoms. The molecule has 0 bridgehead atoms. The summed E-state index contributed by atoms with van der Waals surface area (Å²) in [4.78, 5) is 37.7. The smallest absolute Gasteiger partial charge is 0.306 e. The highest BCUT2D eigenvalue weighted by atomic mass is 32.2. The minimum Gasteiger partial charge on any atom is -0.456 e. The molecule has 1 N–H and O–H groups in total. The predicted molar refractivity (Wildman–Crippen MR) is 119 cm³/mol. The minimum atomic E-state index is -3.63. The van der Waals surface area contributed by atoms with Gasteiger partial charge in [-0.15, -0.1) is 0 Å². The zero-order valence-corrected chi connectivity index (χ0v) is 20.0. The van der Waals surface area contributed by atoms with Crippen molar-refractivity contribution >= 4 is 27.8 Å². The Hall–Kier alpha value is -2.46. The van der Waals surface area contributed by atoms with E-state index in [1.165, 1.54) is 4.31 Å². The first-order valence-electron chi connectivity index (χ1n) is 10.8. The lowest BCUT2D eigenvalue weighted by molar-refractivity contribution is -0.150. The van der Waals surface area contributed by atoms with Crippen molar-refractivity contribution in [3.05, 3.63) is 29.3 Å². The summed E-state index contributed by atoms with van der Waals surface area (Å²) in [7, 11) is -3.63. The lowest BCUT2D eigenvalue weighted by atomic mass is 10.2. The summed E-state index contributed by atoms with van der Waals surface area (Å²) in [5.74, 6) is -1.23. The Morgan fingerprint density at radius 1 is 1.09 bits per heavy atom. The van der Waals surface area contributed by atoms with Crippen LogP contribution in [0.5, 0.6) is 0 Å². The maximum Gasteiger partial charge on any atom is 0.306 e. The summed E-state index contributed by atoms with van der Waals surface area (Å²) >= 11 is 0. The van der Waals surface area contributed by atoms with Crippen LogP contribution in [0.2, 0.25) is 0 Å². The van der Waals surface area contributed by atoms with Gasteiger partial charge in [-0.25, -0.2) is 8.42 Å². The summed E-state index contributed by atoms with van der Waals surface area (Å²) in [6, 6.07) is 5.32. The van der Waals surface area contributed by atoms with Gasteiger partial charge in [-0.2, -0.15) is 4.31 Å². The molecule has 1 saturated heterocycles. The van der Waals surface area contributed by atoms with Gasteiger partial charge >= 0.3 is 5.97 Å². The number of sulfonamides is 1. The van der Waals surface area contributed by atoms with Crippen LogP contribution in [0, 0.1) is 13.8 Å². The van der Waals surface area contributed by atoms with Crippen LogP contribution in [0.15, 0.2) is 23.1 Å². The predicted octanol–water partition coefficient (Wildman–Crippen LogP) is 1.37. The van der Waals surface area contributed by atoms with E-state index in [1.807, 2.05) is 26.8 Å². The molecule has 1 fully saturated rings. The highest BCUT2D eigenvalue weighted by molar-refractivity contribution is 7.89. The summed E-state index contributed by atoms with van der Waals surface area (Å²) in [6.45, 7) is 7.94. The highest BCUT2D eigenvalue weighted by Gasteiger charge is 2.31. The number of piperazine rings is 1. The number of carbonyl (C=O) groups excluding carboxylic acids is 3. The van der Waals surface area contributed by atoms with E-state index in [9.17, 15) is 22.8 Å². The van der Waals surface area contributed by atoms with Crippen LogP contribution in [0.1, 0.15) is 44.2 Å². The number of esters is 1. The van der Waals surface area contributed by atoms with Gasteiger partial charge in [-0.3, -0.25) is 14.4 Å². The molecular formula is C22H33N3O6S. The Morgan fingerprint density at radius 3 is 2.38 bits per heavy atom. The van der Waals surface area contributed by atoms with Gasteiger partial charge in [0.1, 0.15) is 0 Å². The Balaban J connectivity index is 1.79. The normalized spacial score (nSPS) is 15.8. The van der Waals surface area contributed by atoms with Crippen molar-refractivity contribution in [3.8, 4) is 0 Å². The van der Waals surface area contributed by atoms with Crippen molar-refractivity contribution < 1.29 is 27.5 Å². The summed E-state index contributed by atoms with van der Waals surface area (Å²) in [5, 5.41) is 2.69. The molecule has 178 valence electrons. The van der Waals surface area contributed by atoms with E-state index in [0.717, 1.165) is 12.0 Å². The molecule has 9 nitrogen and oxygen atoms in total. The van der Waals surface area contributed by atoms with Crippen LogP contribution in [0.4, 0.5) is 0 Å². The van der Waals surface area contributed by atoms with Crippen LogP contribution < -0.4 is 5.32 Å². The van der Waals surface area contributed by atoms with E-state index in [2.05, 4.69) is 5.32 Å².